The minimum atomic E-state index is 0.0954. The van der Waals surface area contributed by atoms with Crippen molar-refractivity contribution in [1.29, 1.82) is 0 Å². The van der Waals surface area contributed by atoms with Crippen LogP contribution in [-0.2, 0) is 4.74 Å². The molecule has 5 heteroatoms. The monoisotopic (exact) mass is 303 g/mol. The maximum absolute atomic E-state index is 12.5. The maximum atomic E-state index is 12.5. The molecule has 22 heavy (non-hydrogen) atoms. The van der Waals surface area contributed by atoms with E-state index < -0.39 is 0 Å². The molecule has 0 aliphatic carbocycles. The van der Waals surface area contributed by atoms with Crippen LogP contribution in [0.25, 0.3) is 0 Å². The van der Waals surface area contributed by atoms with Gasteiger partial charge in [0.15, 0.2) is 0 Å². The van der Waals surface area contributed by atoms with Gasteiger partial charge in [-0.1, -0.05) is 6.07 Å². The van der Waals surface area contributed by atoms with Crippen LogP contribution in [0, 0.1) is 5.92 Å². The van der Waals surface area contributed by atoms with Gasteiger partial charge in [-0.05, 0) is 37.0 Å². The van der Waals surface area contributed by atoms with E-state index in [1.165, 1.54) is 12.8 Å². The zero-order valence-corrected chi connectivity index (χ0v) is 13.0. The molecule has 0 bridgehead atoms. The molecular weight excluding hydrogens is 278 g/mol. The van der Waals surface area contributed by atoms with Gasteiger partial charge in [0.2, 0.25) is 0 Å². The molecule has 2 aliphatic heterocycles. The summed E-state index contributed by atoms with van der Waals surface area (Å²) in [6.45, 7) is 6.48. The fourth-order valence-electron chi connectivity index (χ4n) is 3.28. The van der Waals surface area contributed by atoms with Crippen molar-refractivity contribution >= 4 is 11.6 Å². The second-order valence-electron chi connectivity index (χ2n) is 6.27. The number of anilines is 1. The molecule has 120 valence electrons. The van der Waals surface area contributed by atoms with E-state index in [2.05, 4.69) is 4.90 Å². The van der Waals surface area contributed by atoms with Crippen LogP contribution in [0.1, 0.15) is 23.2 Å². The lowest BCUT2D eigenvalue weighted by Gasteiger charge is -2.37. The Balaban J connectivity index is 1.49. The smallest absolute Gasteiger partial charge is 0.254 e. The van der Waals surface area contributed by atoms with Crippen LogP contribution in [0.2, 0.25) is 0 Å². The third-order valence-corrected chi connectivity index (χ3v) is 4.65. The number of piperazine rings is 1. The summed E-state index contributed by atoms with van der Waals surface area (Å²) >= 11 is 0. The Labute approximate surface area is 132 Å². The van der Waals surface area contributed by atoms with Crippen molar-refractivity contribution in [1.82, 2.24) is 9.80 Å². The topological polar surface area (TPSA) is 58.8 Å². The molecule has 2 N–H and O–H groups in total. The molecule has 0 aromatic heterocycles. The van der Waals surface area contributed by atoms with E-state index >= 15 is 0 Å². The molecule has 0 unspecified atom stereocenters. The first-order valence-corrected chi connectivity index (χ1v) is 8.17. The van der Waals surface area contributed by atoms with Crippen molar-refractivity contribution in [2.45, 2.75) is 12.8 Å². The summed E-state index contributed by atoms with van der Waals surface area (Å²) in [6, 6.07) is 7.25. The number of nitrogen functional groups attached to an aromatic ring is 1. The second-order valence-corrected chi connectivity index (χ2v) is 6.27. The summed E-state index contributed by atoms with van der Waals surface area (Å²) in [5.41, 5.74) is 7.10. The number of hydrogen-bond donors (Lipinski definition) is 1. The van der Waals surface area contributed by atoms with E-state index in [-0.39, 0.29) is 5.91 Å². The summed E-state index contributed by atoms with van der Waals surface area (Å²) in [4.78, 5) is 16.9. The molecule has 0 atom stereocenters. The second kappa shape index (κ2) is 7.11. The molecule has 0 radical (unpaired) electrons. The molecule has 1 aromatic rings. The first-order valence-electron chi connectivity index (χ1n) is 8.17. The number of rotatable bonds is 3. The minimum absolute atomic E-state index is 0.0954. The molecule has 0 saturated carbocycles. The third-order valence-electron chi connectivity index (χ3n) is 4.65. The number of nitrogens with two attached hydrogens (primary N) is 1. The standard InChI is InChI=1S/C17H25N3O2/c18-16-3-1-2-15(12-16)17(21)20-8-6-19(7-9-20)13-14-4-10-22-11-5-14/h1-3,12,14H,4-11,13,18H2. The minimum Gasteiger partial charge on any atom is -0.399 e. The average molecular weight is 303 g/mol. The van der Waals surface area contributed by atoms with E-state index in [9.17, 15) is 4.79 Å². The molecule has 2 saturated heterocycles. The van der Waals surface area contributed by atoms with Gasteiger partial charge in [0.25, 0.3) is 5.91 Å². The van der Waals surface area contributed by atoms with E-state index in [1.54, 1.807) is 6.07 Å². The highest BCUT2D eigenvalue weighted by Crippen LogP contribution is 2.18. The van der Waals surface area contributed by atoms with Crippen LogP contribution < -0.4 is 5.73 Å². The molecular formula is C17H25N3O2. The maximum Gasteiger partial charge on any atom is 0.254 e. The summed E-state index contributed by atoms with van der Waals surface area (Å²) in [6.07, 6.45) is 2.34. The van der Waals surface area contributed by atoms with Gasteiger partial charge in [-0.3, -0.25) is 9.69 Å². The van der Waals surface area contributed by atoms with Gasteiger partial charge in [-0.2, -0.15) is 0 Å². The van der Waals surface area contributed by atoms with Crippen LogP contribution >= 0.6 is 0 Å². The number of ether oxygens (including phenoxy) is 1. The van der Waals surface area contributed by atoms with Crippen LogP contribution in [-0.4, -0.2) is 61.6 Å². The van der Waals surface area contributed by atoms with Crippen LogP contribution in [0.5, 0.6) is 0 Å². The first kappa shape index (κ1) is 15.3. The molecule has 2 heterocycles. The Hall–Kier alpha value is -1.59. The largest absolute Gasteiger partial charge is 0.399 e. The predicted octanol–water partition coefficient (Wildman–Crippen LogP) is 1.45. The number of hydrogen-bond acceptors (Lipinski definition) is 4. The lowest BCUT2D eigenvalue weighted by molar-refractivity contribution is 0.0393. The number of amides is 1. The normalized spacial score (nSPS) is 21.0. The average Bonchev–Trinajstić information content (AvgIpc) is 2.56. The molecule has 1 amide bonds. The summed E-state index contributed by atoms with van der Waals surface area (Å²) in [5.74, 6) is 0.850. The summed E-state index contributed by atoms with van der Waals surface area (Å²) < 4.78 is 5.41. The molecule has 5 nitrogen and oxygen atoms in total. The van der Waals surface area contributed by atoms with Crippen molar-refractivity contribution in [3.05, 3.63) is 29.8 Å². The Bertz CT molecular complexity index is 506. The molecule has 2 fully saturated rings. The quantitative estimate of drug-likeness (QED) is 0.859. The van der Waals surface area contributed by atoms with Gasteiger partial charge in [0.1, 0.15) is 0 Å². The highest BCUT2D eigenvalue weighted by Gasteiger charge is 2.24. The predicted molar refractivity (Wildman–Crippen MR) is 86.7 cm³/mol. The summed E-state index contributed by atoms with van der Waals surface area (Å²) in [5, 5.41) is 0. The Morgan fingerprint density at radius 3 is 2.59 bits per heavy atom. The zero-order chi connectivity index (χ0) is 15.4. The highest BCUT2D eigenvalue weighted by atomic mass is 16.5. The fourth-order valence-corrected chi connectivity index (χ4v) is 3.28. The lowest BCUT2D eigenvalue weighted by Crippen LogP contribution is -2.50. The van der Waals surface area contributed by atoms with Crippen molar-refractivity contribution < 1.29 is 9.53 Å². The number of carbonyl (C=O) groups excluding carboxylic acids is 1. The van der Waals surface area contributed by atoms with Crippen LogP contribution in [0.15, 0.2) is 24.3 Å². The molecule has 3 rings (SSSR count). The Morgan fingerprint density at radius 2 is 1.91 bits per heavy atom. The van der Waals surface area contributed by atoms with Gasteiger partial charge in [-0.25, -0.2) is 0 Å². The van der Waals surface area contributed by atoms with E-state index in [0.29, 0.717) is 11.3 Å². The van der Waals surface area contributed by atoms with Crippen LogP contribution in [0.4, 0.5) is 5.69 Å². The van der Waals surface area contributed by atoms with Gasteiger partial charge in [-0.15, -0.1) is 0 Å². The number of benzene rings is 1. The van der Waals surface area contributed by atoms with Gasteiger partial charge < -0.3 is 15.4 Å². The van der Waals surface area contributed by atoms with Crippen molar-refractivity contribution in [2.75, 3.05) is 51.7 Å². The van der Waals surface area contributed by atoms with Gasteiger partial charge >= 0.3 is 0 Å². The highest BCUT2D eigenvalue weighted by molar-refractivity contribution is 5.95. The van der Waals surface area contributed by atoms with Gasteiger partial charge in [0.05, 0.1) is 0 Å². The fraction of sp³-hybridized carbons (Fsp3) is 0.588. The summed E-state index contributed by atoms with van der Waals surface area (Å²) in [7, 11) is 0. The number of carbonyl (C=O) groups is 1. The van der Waals surface area contributed by atoms with Crippen molar-refractivity contribution in [3.63, 3.8) is 0 Å². The molecule has 2 aliphatic rings. The van der Waals surface area contributed by atoms with E-state index in [1.807, 2.05) is 23.1 Å². The first-order chi connectivity index (χ1) is 10.7. The van der Waals surface area contributed by atoms with Crippen molar-refractivity contribution in [2.24, 2.45) is 5.92 Å². The SMILES string of the molecule is Nc1cccc(C(=O)N2CCN(CC3CCOCC3)CC2)c1. The Kier molecular flexibility index (Phi) is 4.95. The Morgan fingerprint density at radius 1 is 1.18 bits per heavy atom. The van der Waals surface area contributed by atoms with Gasteiger partial charge in [0, 0.05) is 57.2 Å². The van der Waals surface area contributed by atoms with E-state index in [0.717, 1.165) is 51.9 Å². The zero-order valence-electron chi connectivity index (χ0n) is 13.0. The van der Waals surface area contributed by atoms with Crippen LogP contribution in [0.3, 0.4) is 0 Å². The third kappa shape index (κ3) is 3.78. The number of nitrogens with zero attached hydrogens (tertiary/aromatic N) is 2. The molecule has 1 aromatic carbocycles. The van der Waals surface area contributed by atoms with Crippen molar-refractivity contribution in [3.8, 4) is 0 Å². The van der Waals surface area contributed by atoms with E-state index in [4.69, 9.17) is 10.5 Å². The lowest BCUT2D eigenvalue weighted by atomic mass is 9.99. The molecule has 0 spiro atoms.